The summed E-state index contributed by atoms with van der Waals surface area (Å²) in [6.45, 7) is 8.74. The average Bonchev–Trinajstić information content (AvgIpc) is 2.86. The fourth-order valence-electron chi connectivity index (χ4n) is 3.98. The summed E-state index contributed by atoms with van der Waals surface area (Å²) >= 11 is 0. The second-order valence-corrected chi connectivity index (χ2v) is 8.68. The fraction of sp³-hybridized carbons (Fsp3) is 0.320. The quantitative estimate of drug-likeness (QED) is 0.689. The number of hydrogen-bond acceptors (Lipinski definition) is 6. The highest BCUT2D eigenvalue weighted by atomic mass is 16.2. The number of rotatable bonds is 6. The number of benzene rings is 2. The minimum atomic E-state index is -0.397. The maximum atomic E-state index is 13.1. The van der Waals surface area contributed by atoms with Crippen LogP contribution in [0.2, 0.25) is 0 Å². The molecule has 2 aliphatic heterocycles. The van der Waals surface area contributed by atoms with Gasteiger partial charge < -0.3 is 10.2 Å². The average molecular weight is 462 g/mol. The minimum Gasteiger partial charge on any atom is -0.336 e. The van der Waals surface area contributed by atoms with Gasteiger partial charge in [-0.05, 0) is 48.4 Å². The summed E-state index contributed by atoms with van der Waals surface area (Å²) in [5, 5.41) is 9.82. The van der Waals surface area contributed by atoms with E-state index in [9.17, 15) is 9.59 Å². The smallest absolute Gasteiger partial charge is 0.336 e. The number of amides is 3. The Morgan fingerprint density at radius 3 is 2.35 bits per heavy atom. The van der Waals surface area contributed by atoms with Crippen LogP contribution >= 0.6 is 0 Å². The number of allylic oxidation sites excluding steroid dienone is 1. The second kappa shape index (κ2) is 10.8. The lowest BCUT2D eigenvalue weighted by atomic mass is 10.1. The number of hydrogen-bond donors (Lipinski definition) is 2. The van der Waals surface area contributed by atoms with Gasteiger partial charge in [-0.15, -0.1) is 5.10 Å². The van der Waals surface area contributed by atoms with E-state index in [0.29, 0.717) is 22.9 Å². The normalized spacial score (nSPS) is 15.9. The first-order valence-electron chi connectivity index (χ1n) is 11.5. The van der Waals surface area contributed by atoms with Crippen LogP contribution in [0.3, 0.4) is 0 Å². The molecule has 0 unspecified atom stereocenters. The van der Waals surface area contributed by atoms with Gasteiger partial charge in [-0.3, -0.25) is 15.1 Å². The molecule has 0 atom stereocenters. The van der Waals surface area contributed by atoms with Crippen LogP contribution in [0.4, 0.5) is 16.2 Å². The first-order valence-corrected chi connectivity index (χ1v) is 11.5. The zero-order valence-electron chi connectivity index (χ0n) is 19.6. The van der Waals surface area contributed by atoms with Crippen molar-refractivity contribution in [2.24, 2.45) is 11.0 Å². The summed E-state index contributed by atoms with van der Waals surface area (Å²) in [6.07, 6.45) is 5.00. The van der Waals surface area contributed by atoms with Crippen molar-refractivity contribution in [3.8, 4) is 0 Å². The molecule has 34 heavy (non-hydrogen) atoms. The molecule has 2 aromatic rings. The van der Waals surface area contributed by atoms with Crippen LogP contribution in [0.25, 0.3) is 0 Å². The Bertz CT molecular complexity index is 1030. The van der Waals surface area contributed by atoms with Crippen molar-refractivity contribution in [3.63, 3.8) is 0 Å². The zero-order valence-corrected chi connectivity index (χ0v) is 19.6. The number of hydrazone groups is 1. The molecule has 1 fully saturated rings. The Balaban J connectivity index is 1.39. The summed E-state index contributed by atoms with van der Waals surface area (Å²) in [5.41, 5.74) is 4.76. The van der Waals surface area contributed by atoms with Gasteiger partial charge in [-0.2, -0.15) is 5.01 Å². The Morgan fingerprint density at radius 2 is 1.74 bits per heavy atom. The molecule has 9 heteroatoms. The first kappa shape index (κ1) is 23.3. The number of piperazine rings is 1. The van der Waals surface area contributed by atoms with Gasteiger partial charge in [0.2, 0.25) is 0 Å². The van der Waals surface area contributed by atoms with E-state index in [4.69, 9.17) is 0 Å². The van der Waals surface area contributed by atoms with E-state index in [1.54, 1.807) is 42.8 Å². The minimum absolute atomic E-state index is 0.0200. The molecule has 2 N–H and O–H groups in total. The molecule has 0 spiro atoms. The van der Waals surface area contributed by atoms with Gasteiger partial charge in [0.05, 0.1) is 11.9 Å². The lowest BCUT2D eigenvalue weighted by Crippen LogP contribution is -2.51. The van der Waals surface area contributed by atoms with Crippen LogP contribution in [0.5, 0.6) is 0 Å². The van der Waals surface area contributed by atoms with Crippen molar-refractivity contribution in [2.45, 2.75) is 13.8 Å². The number of para-hydroxylation sites is 1. The summed E-state index contributed by atoms with van der Waals surface area (Å²) in [6, 6.07) is 15.8. The molecule has 0 bridgehead atoms. The van der Waals surface area contributed by atoms with Crippen LogP contribution in [0.15, 0.2) is 72.0 Å². The molecule has 9 nitrogen and oxygen atoms in total. The van der Waals surface area contributed by atoms with Crippen molar-refractivity contribution in [1.82, 2.24) is 20.5 Å². The topological polar surface area (TPSA) is 83.5 Å². The Morgan fingerprint density at radius 1 is 1.03 bits per heavy atom. The molecule has 0 saturated carbocycles. The molecule has 0 aromatic heterocycles. The Kier molecular flexibility index (Phi) is 7.44. The zero-order chi connectivity index (χ0) is 23.9. The predicted molar refractivity (Wildman–Crippen MR) is 134 cm³/mol. The van der Waals surface area contributed by atoms with Gasteiger partial charge in [0.1, 0.15) is 0 Å². The van der Waals surface area contributed by atoms with E-state index in [-0.39, 0.29) is 5.91 Å². The SMILES string of the molecule is CC(C)CN1CCN(C(=O)c2ccc(NC(=O)N(c3ccccc3)N3N=CC=CN3)cc2)CC1. The van der Waals surface area contributed by atoms with Crippen molar-refractivity contribution >= 4 is 29.5 Å². The van der Waals surface area contributed by atoms with Crippen LogP contribution in [0, 0.1) is 5.92 Å². The van der Waals surface area contributed by atoms with Crippen LogP contribution in [-0.2, 0) is 0 Å². The van der Waals surface area contributed by atoms with E-state index in [2.05, 4.69) is 34.6 Å². The Labute approximate surface area is 200 Å². The molecule has 2 aromatic carbocycles. The van der Waals surface area contributed by atoms with E-state index < -0.39 is 6.03 Å². The molecule has 1 saturated heterocycles. The third kappa shape index (κ3) is 5.74. The van der Waals surface area contributed by atoms with Gasteiger partial charge in [-0.1, -0.05) is 37.3 Å². The Hall–Kier alpha value is -3.85. The highest BCUT2D eigenvalue weighted by Crippen LogP contribution is 2.19. The second-order valence-electron chi connectivity index (χ2n) is 8.68. The van der Waals surface area contributed by atoms with Crippen molar-refractivity contribution in [3.05, 3.63) is 72.4 Å². The number of carbonyl (C=O) groups is 2. The van der Waals surface area contributed by atoms with E-state index >= 15 is 0 Å². The van der Waals surface area contributed by atoms with Gasteiger partial charge in [0.25, 0.3) is 5.91 Å². The monoisotopic (exact) mass is 461 g/mol. The van der Waals surface area contributed by atoms with Crippen LogP contribution in [-0.4, -0.2) is 65.9 Å². The molecular weight excluding hydrogens is 430 g/mol. The molecule has 0 aliphatic carbocycles. The van der Waals surface area contributed by atoms with E-state index in [1.807, 2.05) is 35.2 Å². The van der Waals surface area contributed by atoms with Crippen LogP contribution < -0.4 is 15.8 Å². The van der Waals surface area contributed by atoms with Gasteiger partial charge in [-0.25, -0.2) is 4.79 Å². The van der Waals surface area contributed by atoms with Crippen molar-refractivity contribution in [2.75, 3.05) is 43.0 Å². The van der Waals surface area contributed by atoms with Crippen LogP contribution in [0.1, 0.15) is 24.2 Å². The fourth-order valence-corrected chi connectivity index (χ4v) is 3.98. The van der Waals surface area contributed by atoms with Crippen molar-refractivity contribution < 1.29 is 9.59 Å². The maximum absolute atomic E-state index is 13.1. The largest absolute Gasteiger partial charge is 0.348 e. The molecule has 4 rings (SSSR count). The highest BCUT2D eigenvalue weighted by molar-refractivity contribution is 6.01. The molecule has 178 valence electrons. The molecule has 3 amide bonds. The van der Waals surface area contributed by atoms with Gasteiger partial charge >= 0.3 is 6.03 Å². The van der Waals surface area contributed by atoms with Gasteiger partial charge in [0, 0.05) is 50.2 Å². The van der Waals surface area contributed by atoms with E-state index in [0.717, 1.165) is 32.7 Å². The number of nitrogens with zero attached hydrogens (tertiary/aromatic N) is 5. The molecule has 0 radical (unpaired) electrons. The standard InChI is InChI=1S/C25H31N7O2/c1-20(2)19-29-15-17-30(18-16-29)24(33)21-9-11-22(12-10-21)28-25(34)31(23-7-4-3-5-8-23)32-26-13-6-14-27-32/h3-14,20,26H,15-19H2,1-2H3,(H,28,34). The number of urea groups is 1. The summed E-state index contributed by atoms with van der Waals surface area (Å²) in [5.74, 6) is 0.642. The summed E-state index contributed by atoms with van der Waals surface area (Å²) < 4.78 is 0. The summed E-state index contributed by atoms with van der Waals surface area (Å²) in [7, 11) is 0. The highest BCUT2D eigenvalue weighted by Gasteiger charge is 2.24. The lowest BCUT2D eigenvalue weighted by molar-refractivity contribution is 0.0624. The lowest BCUT2D eigenvalue weighted by Gasteiger charge is -2.35. The number of nitrogens with one attached hydrogen (secondary N) is 2. The molecule has 2 aliphatic rings. The van der Waals surface area contributed by atoms with E-state index in [1.165, 1.54) is 10.2 Å². The number of hydrazine groups is 2. The molecule has 2 heterocycles. The summed E-state index contributed by atoms with van der Waals surface area (Å²) in [4.78, 5) is 30.4. The number of anilines is 2. The third-order valence-corrected chi connectivity index (χ3v) is 5.60. The van der Waals surface area contributed by atoms with Gasteiger partial charge in [0.15, 0.2) is 0 Å². The molecular formula is C25H31N7O2. The predicted octanol–water partition coefficient (Wildman–Crippen LogP) is 3.37. The third-order valence-electron chi connectivity index (χ3n) is 5.60. The maximum Gasteiger partial charge on any atom is 0.348 e. The number of carbonyl (C=O) groups excluding carboxylic acids is 2. The first-order chi connectivity index (χ1) is 16.5. The van der Waals surface area contributed by atoms with Crippen molar-refractivity contribution in [1.29, 1.82) is 0 Å².